The highest BCUT2D eigenvalue weighted by molar-refractivity contribution is 4.96. The van der Waals surface area contributed by atoms with Crippen molar-refractivity contribution in [1.29, 1.82) is 0 Å². The third kappa shape index (κ3) is 7.13. The molecule has 0 aromatic heterocycles. The van der Waals surface area contributed by atoms with Crippen molar-refractivity contribution in [2.75, 3.05) is 14.2 Å². The van der Waals surface area contributed by atoms with E-state index in [1.54, 1.807) is 0 Å². The van der Waals surface area contributed by atoms with E-state index in [1.807, 2.05) is 14.2 Å². The Labute approximate surface area is 165 Å². The number of hydrogen-bond acceptors (Lipinski definition) is 3. The van der Waals surface area contributed by atoms with Crippen LogP contribution in [0.2, 0.25) is 0 Å². The van der Waals surface area contributed by atoms with E-state index in [0.29, 0.717) is 11.8 Å². The molecule has 3 nitrogen and oxygen atoms in total. The van der Waals surface area contributed by atoms with Gasteiger partial charge in [0.25, 0.3) is 0 Å². The molecule has 1 unspecified atom stereocenters. The Morgan fingerprint density at radius 2 is 1.15 bits per heavy atom. The molecule has 0 fully saturated rings. The van der Waals surface area contributed by atoms with Crippen LogP contribution in [-0.4, -0.2) is 36.1 Å². The number of methoxy groups -OCH3 is 2. The summed E-state index contributed by atoms with van der Waals surface area (Å²) in [5.41, 5.74) is -0.142. The van der Waals surface area contributed by atoms with Gasteiger partial charge in [-0.3, -0.25) is 0 Å². The van der Waals surface area contributed by atoms with E-state index in [9.17, 15) is 0 Å². The third-order valence-corrected chi connectivity index (χ3v) is 5.38. The second kappa shape index (κ2) is 11.0. The molecular weight excluding hydrogens is 322 g/mol. The molecule has 1 atom stereocenters. The standard InChI is InChI=1S/C23H49NO2/c1-12-13-14-15-16-17-18-20(19(2)3)23(25-10,26-11)24(21(4,5)6)22(7,8)9/h19-20H,12-18H2,1-11H3. The van der Waals surface area contributed by atoms with Gasteiger partial charge in [0.1, 0.15) is 0 Å². The van der Waals surface area contributed by atoms with Crippen LogP contribution in [0.5, 0.6) is 0 Å². The Kier molecular flexibility index (Phi) is 11.0. The molecule has 0 saturated carbocycles. The SMILES string of the molecule is CCCCCCCCC(C(C)C)C(OC)(OC)N(C(C)(C)C)C(C)(C)C. The van der Waals surface area contributed by atoms with E-state index in [4.69, 9.17) is 9.47 Å². The van der Waals surface area contributed by atoms with Crippen molar-refractivity contribution in [3.8, 4) is 0 Å². The number of nitrogens with zero attached hydrogens (tertiary/aromatic N) is 1. The van der Waals surface area contributed by atoms with Gasteiger partial charge in [0, 0.05) is 31.2 Å². The minimum absolute atomic E-state index is 0.0709. The summed E-state index contributed by atoms with van der Waals surface area (Å²) in [6.07, 6.45) is 9.04. The molecule has 26 heavy (non-hydrogen) atoms. The lowest BCUT2D eigenvalue weighted by Gasteiger charge is -2.58. The highest BCUT2D eigenvalue weighted by atomic mass is 16.7. The van der Waals surface area contributed by atoms with Crippen LogP contribution < -0.4 is 0 Å². The maximum atomic E-state index is 6.23. The van der Waals surface area contributed by atoms with Crippen LogP contribution in [0.1, 0.15) is 107 Å². The summed E-state index contributed by atoms with van der Waals surface area (Å²) in [6, 6.07) is 0. The molecule has 0 aromatic carbocycles. The van der Waals surface area contributed by atoms with E-state index in [2.05, 4.69) is 67.2 Å². The van der Waals surface area contributed by atoms with Crippen LogP contribution >= 0.6 is 0 Å². The minimum Gasteiger partial charge on any atom is -0.340 e. The van der Waals surface area contributed by atoms with Gasteiger partial charge in [-0.25, -0.2) is 4.90 Å². The van der Waals surface area contributed by atoms with Crippen LogP contribution in [0.15, 0.2) is 0 Å². The smallest absolute Gasteiger partial charge is 0.233 e. The van der Waals surface area contributed by atoms with Crippen LogP contribution in [0, 0.1) is 11.8 Å². The molecule has 0 aliphatic heterocycles. The molecule has 0 aromatic rings. The number of unbranched alkanes of at least 4 members (excludes halogenated alkanes) is 5. The van der Waals surface area contributed by atoms with E-state index in [-0.39, 0.29) is 11.1 Å². The zero-order valence-electron chi connectivity index (χ0n) is 19.9. The van der Waals surface area contributed by atoms with Crippen molar-refractivity contribution in [3.05, 3.63) is 0 Å². The van der Waals surface area contributed by atoms with Gasteiger partial charge >= 0.3 is 0 Å². The van der Waals surface area contributed by atoms with Crippen molar-refractivity contribution >= 4 is 0 Å². The zero-order chi connectivity index (χ0) is 20.6. The molecule has 0 aliphatic rings. The molecule has 0 aliphatic carbocycles. The number of ether oxygens (including phenoxy) is 2. The van der Waals surface area contributed by atoms with Gasteiger partial charge in [-0.05, 0) is 53.9 Å². The summed E-state index contributed by atoms with van der Waals surface area (Å²) < 4.78 is 12.5. The van der Waals surface area contributed by atoms with Crippen LogP contribution in [0.4, 0.5) is 0 Å². The van der Waals surface area contributed by atoms with E-state index in [0.717, 1.165) is 6.42 Å². The monoisotopic (exact) mass is 371 g/mol. The van der Waals surface area contributed by atoms with Gasteiger partial charge in [0.05, 0.1) is 0 Å². The summed E-state index contributed by atoms with van der Waals surface area (Å²) in [5, 5.41) is 0. The molecule has 0 radical (unpaired) electrons. The molecule has 3 heteroatoms. The highest BCUT2D eigenvalue weighted by Gasteiger charge is 2.53. The van der Waals surface area contributed by atoms with Crippen LogP contribution in [-0.2, 0) is 9.47 Å². The zero-order valence-corrected chi connectivity index (χ0v) is 19.9. The average molecular weight is 372 g/mol. The fourth-order valence-electron chi connectivity index (χ4n) is 4.76. The Morgan fingerprint density at radius 1 is 0.731 bits per heavy atom. The summed E-state index contributed by atoms with van der Waals surface area (Å²) >= 11 is 0. The van der Waals surface area contributed by atoms with Crippen molar-refractivity contribution < 1.29 is 9.47 Å². The number of hydrogen-bond donors (Lipinski definition) is 0. The topological polar surface area (TPSA) is 21.7 Å². The molecule has 0 amide bonds. The van der Waals surface area contributed by atoms with Gasteiger partial charge in [-0.2, -0.15) is 0 Å². The summed E-state index contributed by atoms with van der Waals surface area (Å²) in [5.74, 6) is 0.0912. The highest BCUT2D eigenvalue weighted by Crippen LogP contribution is 2.43. The second-order valence-electron chi connectivity index (χ2n) is 10.1. The maximum Gasteiger partial charge on any atom is 0.233 e. The second-order valence-corrected chi connectivity index (χ2v) is 10.1. The lowest BCUT2D eigenvalue weighted by molar-refractivity contribution is -0.366. The Morgan fingerprint density at radius 3 is 1.50 bits per heavy atom. The molecule has 0 heterocycles. The first-order chi connectivity index (χ1) is 11.9. The predicted octanol–water partition coefficient (Wildman–Crippen LogP) is 6.85. The maximum absolute atomic E-state index is 6.23. The fourth-order valence-corrected chi connectivity index (χ4v) is 4.76. The van der Waals surface area contributed by atoms with E-state index >= 15 is 0 Å². The largest absolute Gasteiger partial charge is 0.340 e. The normalized spacial score (nSPS) is 15.1. The summed E-state index contributed by atoms with van der Waals surface area (Å²) in [7, 11) is 3.62. The van der Waals surface area contributed by atoms with Crippen LogP contribution in [0.3, 0.4) is 0 Å². The molecule has 0 N–H and O–H groups in total. The average Bonchev–Trinajstić information content (AvgIpc) is 2.49. The minimum atomic E-state index is -0.714. The van der Waals surface area contributed by atoms with Crippen LogP contribution in [0.25, 0.3) is 0 Å². The summed E-state index contributed by atoms with van der Waals surface area (Å²) in [4.78, 5) is 2.44. The predicted molar refractivity (Wildman–Crippen MR) is 114 cm³/mol. The first kappa shape index (κ1) is 25.9. The van der Waals surface area contributed by atoms with E-state index < -0.39 is 5.91 Å². The van der Waals surface area contributed by atoms with Crippen molar-refractivity contribution in [1.82, 2.24) is 4.90 Å². The van der Waals surface area contributed by atoms with Crippen molar-refractivity contribution in [2.24, 2.45) is 11.8 Å². The van der Waals surface area contributed by atoms with Gasteiger partial charge in [0.15, 0.2) is 0 Å². The summed E-state index contributed by atoms with van der Waals surface area (Å²) in [6.45, 7) is 20.4. The van der Waals surface area contributed by atoms with Crippen molar-refractivity contribution in [3.63, 3.8) is 0 Å². The molecule has 0 bridgehead atoms. The fraction of sp³-hybridized carbons (Fsp3) is 1.00. The van der Waals surface area contributed by atoms with Gasteiger partial charge in [-0.15, -0.1) is 0 Å². The van der Waals surface area contributed by atoms with Gasteiger partial charge < -0.3 is 9.47 Å². The van der Waals surface area contributed by atoms with E-state index in [1.165, 1.54) is 38.5 Å². The third-order valence-electron chi connectivity index (χ3n) is 5.38. The van der Waals surface area contributed by atoms with Crippen molar-refractivity contribution in [2.45, 2.75) is 124 Å². The van der Waals surface area contributed by atoms with Gasteiger partial charge in [0.2, 0.25) is 5.91 Å². The first-order valence-corrected chi connectivity index (χ1v) is 10.8. The molecule has 0 spiro atoms. The molecular formula is C23H49NO2. The Bertz CT molecular complexity index is 347. The molecule has 0 rings (SSSR count). The molecule has 158 valence electrons. The Hall–Kier alpha value is -0.120. The first-order valence-electron chi connectivity index (χ1n) is 10.8. The van der Waals surface area contributed by atoms with Gasteiger partial charge in [-0.1, -0.05) is 59.3 Å². The Balaban J connectivity index is 5.56. The lowest BCUT2D eigenvalue weighted by Crippen LogP contribution is -2.69. The molecule has 0 saturated heterocycles. The lowest BCUT2D eigenvalue weighted by atomic mass is 9.82. The quantitative estimate of drug-likeness (QED) is 0.276. The number of rotatable bonds is 12.